The molecule has 334 valence electrons. The summed E-state index contributed by atoms with van der Waals surface area (Å²) >= 11 is 0. The molecular weight excluding hydrogens is 719 g/mol. The molecular formula is C52H91NO5. The van der Waals surface area contributed by atoms with Gasteiger partial charge in [-0.3, -0.25) is 9.59 Å². The van der Waals surface area contributed by atoms with Crippen LogP contribution in [0.15, 0.2) is 72.9 Å². The molecule has 0 aromatic heterocycles. The maximum absolute atomic E-state index is 13.1. The third-order valence-corrected chi connectivity index (χ3v) is 10.5. The maximum atomic E-state index is 13.1. The lowest BCUT2D eigenvalue weighted by molar-refractivity contribution is -0.150. The van der Waals surface area contributed by atoms with Crippen LogP contribution in [-0.4, -0.2) is 46.9 Å². The standard InChI is InChI=1S/C52H91NO5/c1-4-7-10-13-16-19-22-24-26-27-29-31-34-37-40-43-48(58-52(57)45-42-39-36-33-30-28-25-23-20-17-14-11-8-5-2)46-51(56)53-49(47-54)50(55)44-41-38-35-32-21-18-15-12-9-6-3/h7,10,16,19,24,26,28-31,37,40,48-50,54-55H,4-6,8-9,11-15,17-18,20-23,25,27,32-36,38-39,41-47H2,1-3H3,(H,53,56)/b10-7-,19-16-,26-24-,30-28-,31-29-,40-37-. The number of aliphatic hydroxyl groups is 2. The third kappa shape index (κ3) is 40.1. The Bertz CT molecular complexity index is 1090. The van der Waals surface area contributed by atoms with E-state index in [0.29, 0.717) is 19.3 Å². The Morgan fingerprint density at radius 2 is 0.966 bits per heavy atom. The smallest absolute Gasteiger partial charge is 0.306 e. The molecule has 0 aromatic carbocycles. The van der Waals surface area contributed by atoms with Crippen molar-refractivity contribution >= 4 is 11.9 Å². The summed E-state index contributed by atoms with van der Waals surface area (Å²) in [5.74, 6) is -0.603. The van der Waals surface area contributed by atoms with Gasteiger partial charge in [-0.1, -0.05) is 203 Å². The highest BCUT2D eigenvalue weighted by atomic mass is 16.5. The van der Waals surface area contributed by atoms with Crippen LogP contribution < -0.4 is 5.32 Å². The SMILES string of the molecule is CC/C=C\C/C=C\C/C=C\C/C=C\C/C=C\CC(CC(=O)NC(CO)C(O)CCCCCCCCCCCC)OC(=O)CCCCC/C=C\CCCCCCCCC. The molecule has 0 aliphatic carbocycles. The molecule has 0 spiro atoms. The van der Waals surface area contributed by atoms with E-state index in [1.165, 1.54) is 89.9 Å². The zero-order chi connectivity index (χ0) is 42.4. The minimum Gasteiger partial charge on any atom is -0.461 e. The Hall–Kier alpha value is -2.70. The first-order valence-corrected chi connectivity index (χ1v) is 24.2. The molecule has 0 aliphatic heterocycles. The number of allylic oxidation sites excluding steroid dienone is 11. The van der Waals surface area contributed by atoms with Gasteiger partial charge in [0, 0.05) is 12.8 Å². The predicted octanol–water partition coefficient (Wildman–Crippen LogP) is 14.2. The number of nitrogens with one attached hydrogen (secondary N) is 1. The second kappa shape index (κ2) is 45.4. The Morgan fingerprint density at radius 3 is 1.45 bits per heavy atom. The first-order valence-electron chi connectivity index (χ1n) is 24.2. The fourth-order valence-corrected chi connectivity index (χ4v) is 6.86. The molecule has 3 atom stereocenters. The van der Waals surface area contributed by atoms with Crippen molar-refractivity contribution in [1.82, 2.24) is 5.32 Å². The highest BCUT2D eigenvalue weighted by molar-refractivity contribution is 5.77. The molecule has 0 aromatic rings. The summed E-state index contributed by atoms with van der Waals surface area (Å²) < 4.78 is 5.84. The highest BCUT2D eigenvalue weighted by Gasteiger charge is 2.23. The van der Waals surface area contributed by atoms with E-state index in [1.807, 2.05) is 12.2 Å². The maximum Gasteiger partial charge on any atom is 0.306 e. The Balaban J connectivity index is 4.78. The average Bonchev–Trinajstić information content (AvgIpc) is 3.22. The van der Waals surface area contributed by atoms with Crippen LogP contribution in [0.5, 0.6) is 0 Å². The number of esters is 1. The van der Waals surface area contributed by atoms with Gasteiger partial charge in [-0.15, -0.1) is 0 Å². The lowest BCUT2D eigenvalue weighted by Gasteiger charge is -2.24. The van der Waals surface area contributed by atoms with Gasteiger partial charge in [0.2, 0.25) is 5.91 Å². The van der Waals surface area contributed by atoms with E-state index < -0.39 is 18.2 Å². The minimum absolute atomic E-state index is 0.00887. The number of carbonyl (C=O) groups is 2. The number of carbonyl (C=O) groups excluding carboxylic acids is 2. The molecule has 0 bridgehead atoms. The largest absolute Gasteiger partial charge is 0.461 e. The summed E-state index contributed by atoms with van der Waals surface area (Å²) in [6, 6.07) is -0.735. The van der Waals surface area contributed by atoms with Gasteiger partial charge in [-0.2, -0.15) is 0 Å². The third-order valence-electron chi connectivity index (χ3n) is 10.5. The quantitative estimate of drug-likeness (QED) is 0.0324. The number of aliphatic hydroxyl groups excluding tert-OH is 2. The van der Waals surface area contributed by atoms with Gasteiger partial charge in [0.1, 0.15) is 6.10 Å². The molecule has 0 heterocycles. The summed E-state index contributed by atoms with van der Waals surface area (Å²) in [4.78, 5) is 26.0. The van der Waals surface area contributed by atoms with Crippen LogP contribution in [0.2, 0.25) is 0 Å². The highest BCUT2D eigenvalue weighted by Crippen LogP contribution is 2.15. The van der Waals surface area contributed by atoms with E-state index in [1.54, 1.807) is 0 Å². The normalized spacial score (nSPS) is 13.9. The molecule has 0 fully saturated rings. The first-order chi connectivity index (χ1) is 28.5. The molecule has 3 N–H and O–H groups in total. The van der Waals surface area contributed by atoms with Gasteiger partial charge in [0.15, 0.2) is 0 Å². The van der Waals surface area contributed by atoms with Crippen molar-refractivity contribution in [3.05, 3.63) is 72.9 Å². The van der Waals surface area contributed by atoms with Crippen LogP contribution in [0.3, 0.4) is 0 Å². The second-order valence-corrected chi connectivity index (χ2v) is 16.1. The van der Waals surface area contributed by atoms with Crippen LogP contribution >= 0.6 is 0 Å². The second-order valence-electron chi connectivity index (χ2n) is 16.1. The molecule has 58 heavy (non-hydrogen) atoms. The zero-order valence-electron chi connectivity index (χ0n) is 37.9. The number of rotatable bonds is 42. The van der Waals surface area contributed by atoms with Gasteiger partial charge >= 0.3 is 5.97 Å². The van der Waals surface area contributed by atoms with E-state index in [-0.39, 0.29) is 24.9 Å². The van der Waals surface area contributed by atoms with Gasteiger partial charge in [0.05, 0.1) is 25.2 Å². The van der Waals surface area contributed by atoms with Crippen molar-refractivity contribution in [1.29, 1.82) is 0 Å². The summed E-state index contributed by atoms with van der Waals surface area (Å²) in [6.45, 7) is 6.31. The number of hydrogen-bond donors (Lipinski definition) is 3. The molecule has 0 rings (SSSR count). The van der Waals surface area contributed by atoms with Crippen LogP contribution in [-0.2, 0) is 14.3 Å². The number of amides is 1. The lowest BCUT2D eigenvalue weighted by atomic mass is 10.0. The zero-order valence-corrected chi connectivity index (χ0v) is 37.9. The molecule has 0 saturated carbocycles. The predicted molar refractivity (Wildman–Crippen MR) is 250 cm³/mol. The summed E-state index contributed by atoms with van der Waals surface area (Å²) in [7, 11) is 0. The summed E-state index contributed by atoms with van der Waals surface area (Å²) in [5.41, 5.74) is 0. The average molecular weight is 810 g/mol. The van der Waals surface area contributed by atoms with Crippen molar-refractivity contribution in [2.75, 3.05) is 6.61 Å². The van der Waals surface area contributed by atoms with Gasteiger partial charge < -0.3 is 20.3 Å². The number of ether oxygens (including phenoxy) is 1. The van der Waals surface area contributed by atoms with Crippen molar-refractivity contribution in [3.63, 3.8) is 0 Å². The fraction of sp³-hybridized carbons (Fsp3) is 0.731. The number of unbranched alkanes of at least 4 members (excludes halogenated alkanes) is 19. The van der Waals surface area contributed by atoms with Crippen LogP contribution in [0.25, 0.3) is 0 Å². The monoisotopic (exact) mass is 810 g/mol. The van der Waals surface area contributed by atoms with E-state index >= 15 is 0 Å². The topological polar surface area (TPSA) is 95.9 Å². The van der Waals surface area contributed by atoms with Gasteiger partial charge in [-0.25, -0.2) is 0 Å². The van der Waals surface area contributed by atoms with Crippen molar-refractivity contribution in [2.24, 2.45) is 0 Å². The van der Waals surface area contributed by atoms with Crippen molar-refractivity contribution < 1.29 is 24.5 Å². The molecule has 3 unspecified atom stereocenters. The van der Waals surface area contributed by atoms with E-state index in [4.69, 9.17) is 4.74 Å². The molecule has 0 saturated heterocycles. The molecule has 1 amide bonds. The summed E-state index contributed by atoms with van der Waals surface area (Å²) in [6.07, 6.45) is 56.9. The molecule has 6 nitrogen and oxygen atoms in total. The fourth-order valence-electron chi connectivity index (χ4n) is 6.86. The summed E-state index contributed by atoms with van der Waals surface area (Å²) in [5, 5.41) is 23.6. The minimum atomic E-state index is -0.815. The Kier molecular flexibility index (Phi) is 43.3. The van der Waals surface area contributed by atoms with Gasteiger partial charge in [0.25, 0.3) is 0 Å². The molecule has 0 aliphatic rings. The van der Waals surface area contributed by atoms with Gasteiger partial charge in [-0.05, 0) is 70.6 Å². The molecule has 6 heteroatoms. The van der Waals surface area contributed by atoms with Crippen LogP contribution in [0.4, 0.5) is 0 Å². The Morgan fingerprint density at radius 1 is 0.534 bits per heavy atom. The molecule has 0 radical (unpaired) electrons. The number of hydrogen-bond acceptors (Lipinski definition) is 5. The van der Waals surface area contributed by atoms with Crippen LogP contribution in [0, 0.1) is 0 Å². The lowest BCUT2D eigenvalue weighted by Crippen LogP contribution is -2.46. The van der Waals surface area contributed by atoms with Crippen molar-refractivity contribution in [3.8, 4) is 0 Å². The van der Waals surface area contributed by atoms with Crippen LogP contribution in [0.1, 0.15) is 220 Å². The van der Waals surface area contributed by atoms with E-state index in [9.17, 15) is 19.8 Å². The van der Waals surface area contributed by atoms with E-state index in [0.717, 1.165) is 83.5 Å². The van der Waals surface area contributed by atoms with E-state index in [2.05, 4.69) is 86.8 Å². The Labute approximate surface area is 358 Å². The first kappa shape index (κ1) is 55.3. The van der Waals surface area contributed by atoms with Crippen molar-refractivity contribution in [2.45, 2.75) is 238 Å².